The third-order valence-corrected chi connectivity index (χ3v) is 3.87. The van der Waals surface area contributed by atoms with Crippen LogP contribution in [-0.4, -0.2) is 56.7 Å². The third kappa shape index (κ3) is 3.67. The number of hydrogen-bond donors (Lipinski definition) is 0. The van der Waals surface area contributed by atoms with Crippen molar-refractivity contribution in [2.75, 3.05) is 46.9 Å². The molecule has 2 rings (SSSR count). The van der Waals surface area contributed by atoms with Crippen molar-refractivity contribution in [1.29, 1.82) is 0 Å². The molecule has 1 aliphatic rings. The lowest BCUT2D eigenvalue weighted by molar-refractivity contribution is 0.153. The second kappa shape index (κ2) is 6.99. The van der Waals surface area contributed by atoms with Gasteiger partial charge in [0.1, 0.15) is 5.75 Å². The Morgan fingerprint density at radius 3 is 2.50 bits per heavy atom. The first-order chi connectivity index (χ1) is 9.61. The van der Waals surface area contributed by atoms with Gasteiger partial charge < -0.3 is 14.5 Å². The lowest BCUT2D eigenvalue weighted by atomic mass is 10.1. The van der Waals surface area contributed by atoms with Gasteiger partial charge in [0.2, 0.25) is 0 Å². The smallest absolute Gasteiger partial charge is 0.165 e. The summed E-state index contributed by atoms with van der Waals surface area (Å²) in [6.07, 6.45) is 1.31. The molecule has 0 amide bonds. The molecule has 0 bridgehead atoms. The van der Waals surface area contributed by atoms with Gasteiger partial charge in [0.05, 0.1) is 7.11 Å². The van der Waals surface area contributed by atoms with Crippen LogP contribution in [0.15, 0.2) is 12.1 Å². The SMILES string of the molecule is COc1ccc(F)c(F)c1CCCN1CCN(C)CC1. The van der Waals surface area contributed by atoms with Gasteiger partial charge in [-0.2, -0.15) is 0 Å². The van der Waals surface area contributed by atoms with Crippen molar-refractivity contribution in [3.05, 3.63) is 29.3 Å². The van der Waals surface area contributed by atoms with E-state index in [0.29, 0.717) is 17.7 Å². The highest BCUT2D eigenvalue weighted by molar-refractivity contribution is 5.35. The quantitative estimate of drug-likeness (QED) is 0.824. The molecule has 0 aliphatic carbocycles. The number of hydrogen-bond acceptors (Lipinski definition) is 3. The Labute approximate surface area is 119 Å². The van der Waals surface area contributed by atoms with Gasteiger partial charge in [-0.15, -0.1) is 0 Å². The van der Waals surface area contributed by atoms with Crippen LogP contribution in [0.3, 0.4) is 0 Å². The Hall–Kier alpha value is -1.20. The molecule has 5 heteroatoms. The Morgan fingerprint density at radius 1 is 1.15 bits per heavy atom. The summed E-state index contributed by atoms with van der Waals surface area (Å²) in [5, 5.41) is 0. The molecule has 0 spiro atoms. The molecule has 0 atom stereocenters. The average molecular weight is 284 g/mol. The van der Waals surface area contributed by atoms with E-state index < -0.39 is 11.6 Å². The zero-order chi connectivity index (χ0) is 14.5. The topological polar surface area (TPSA) is 15.7 Å². The Kier molecular flexibility index (Phi) is 5.31. The van der Waals surface area contributed by atoms with E-state index in [1.807, 2.05) is 0 Å². The van der Waals surface area contributed by atoms with E-state index in [1.54, 1.807) is 0 Å². The van der Waals surface area contributed by atoms with Crippen LogP contribution in [0.5, 0.6) is 5.75 Å². The van der Waals surface area contributed by atoms with E-state index in [2.05, 4.69) is 16.8 Å². The largest absolute Gasteiger partial charge is 0.496 e. The molecule has 1 fully saturated rings. The fourth-order valence-electron chi connectivity index (χ4n) is 2.55. The summed E-state index contributed by atoms with van der Waals surface area (Å²) in [5.41, 5.74) is 0.349. The molecule has 0 N–H and O–H groups in total. The number of ether oxygens (including phenoxy) is 1. The van der Waals surface area contributed by atoms with Crippen molar-refractivity contribution < 1.29 is 13.5 Å². The van der Waals surface area contributed by atoms with Gasteiger partial charge in [0, 0.05) is 31.7 Å². The summed E-state index contributed by atoms with van der Waals surface area (Å²) in [7, 11) is 3.60. The molecule has 0 saturated carbocycles. The van der Waals surface area contributed by atoms with E-state index in [4.69, 9.17) is 4.74 Å². The minimum Gasteiger partial charge on any atom is -0.496 e. The molecule has 0 unspecified atom stereocenters. The molecule has 0 aromatic heterocycles. The number of nitrogens with zero attached hydrogens (tertiary/aromatic N) is 2. The summed E-state index contributed by atoms with van der Waals surface area (Å²) in [6, 6.07) is 2.60. The minimum atomic E-state index is -0.805. The fraction of sp³-hybridized carbons (Fsp3) is 0.600. The van der Waals surface area contributed by atoms with Gasteiger partial charge in [-0.3, -0.25) is 0 Å². The molecule has 112 valence electrons. The molecule has 3 nitrogen and oxygen atoms in total. The summed E-state index contributed by atoms with van der Waals surface area (Å²) < 4.78 is 32.2. The van der Waals surface area contributed by atoms with Crippen LogP contribution >= 0.6 is 0 Å². The van der Waals surface area contributed by atoms with Crippen LogP contribution in [-0.2, 0) is 6.42 Å². The number of rotatable bonds is 5. The van der Waals surface area contributed by atoms with E-state index in [9.17, 15) is 8.78 Å². The van der Waals surface area contributed by atoms with Crippen LogP contribution < -0.4 is 4.74 Å². The molecule has 1 saturated heterocycles. The highest BCUT2D eigenvalue weighted by atomic mass is 19.2. The maximum absolute atomic E-state index is 13.8. The first-order valence-corrected chi connectivity index (χ1v) is 7.03. The van der Waals surface area contributed by atoms with E-state index in [1.165, 1.54) is 13.2 Å². The molecular weight excluding hydrogens is 262 g/mol. The maximum atomic E-state index is 13.8. The van der Waals surface area contributed by atoms with Crippen molar-refractivity contribution in [1.82, 2.24) is 9.80 Å². The van der Waals surface area contributed by atoms with Crippen LogP contribution in [0.25, 0.3) is 0 Å². The van der Waals surface area contributed by atoms with Crippen molar-refractivity contribution in [2.45, 2.75) is 12.8 Å². The lowest BCUT2D eigenvalue weighted by Crippen LogP contribution is -2.44. The van der Waals surface area contributed by atoms with Gasteiger partial charge >= 0.3 is 0 Å². The highest BCUT2D eigenvalue weighted by Crippen LogP contribution is 2.25. The van der Waals surface area contributed by atoms with Crippen molar-refractivity contribution in [3.8, 4) is 5.75 Å². The summed E-state index contributed by atoms with van der Waals surface area (Å²) in [6.45, 7) is 5.13. The summed E-state index contributed by atoms with van der Waals surface area (Å²) >= 11 is 0. The monoisotopic (exact) mass is 284 g/mol. The first-order valence-electron chi connectivity index (χ1n) is 7.03. The minimum absolute atomic E-state index is 0.349. The maximum Gasteiger partial charge on any atom is 0.165 e. The first kappa shape index (κ1) is 15.2. The second-order valence-corrected chi connectivity index (χ2v) is 5.29. The Balaban J connectivity index is 1.89. The molecular formula is C15H22F2N2O. The standard InChI is InChI=1S/C15H22F2N2O/c1-18-8-10-19(11-9-18)7-3-4-12-14(20-2)6-5-13(16)15(12)17/h5-6H,3-4,7-11H2,1-2H3. The van der Waals surface area contributed by atoms with Gasteiger partial charge in [-0.05, 0) is 38.6 Å². The highest BCUT2D eigenvalue weighted by Gasteiger charge is 2.16. The van der Waals surface area contributed by atoms with Gasteiger partial charge in [0.25, 0.3) is 0 Å². The van der Waals surface area contributed by atoms with Crippen LogP contribution in [0.4, 0.5) is 8.78 Å². The molecule has 1 heterocycles. The third-order valence-electron chi connectivity index (χ3n) is 3.87. The summed E-state index contributed by atoms with van der Waals surface area (Å²) in [4.78, 5) is 4.66. The fourth-order valence-corrected chi connectivity index (χ4v) is 2.55. The molecule has 1 aliphatic heterocycles. The zero-order valence-electron chi connectivity index (χ0n) is 12.2. The lowest BCUT2D eigenvalue weighted by Gasteiger charge is -2.32. The van der Waals surface area contributed by atoms with Gasteiger partial charge in [-0.25, -0.2) is 8.78 Å². The molecule has 0 radical (unpaired) electrons. The van der Waals surface area contributed by atoms with Crippen molar-refractivity contribution in [3.63, 3.8) is 0 Å². The predicted octanol–water partition coefficient (Wildman–Crippen LogP) is 2.15. The normalized spacial score (nSPS) is 17.4. The number of halogens is 2. The van der Waals surface area contributed by atoms with E-state index >= 15 is 0 Å². The van der Waals surface area contributed by atoms with Gasteiger partial charge in [0.15, 0.2) is 11.6 Å². The molecule has 20 heavy (non-hydrogen) atoms. The zero-order valence-corrected chi connectivity index (χ0v) is 12.2. The summed E-state index contributed by atoms with van der Waals surface area (Å²) in [5.74, 6) is -1.15. The Morgan fingerprint density at radius 2 is 1.85 bits per heavy atom. The number of piperazine rings is 1. The van der Waals surface area contributed by atoms with Crippen LogP contribution in [0.2, 0.25) is 0 Å². The number of benzene rings is 1. The predicted molar refractivity (Wildman–Crippen MR) is 75.2 cm³/mol. The molecule has 1 aromatic carbocycles. The van der Waals surface area contributed by atoms with E-state index in [-0.39, 0.29) is 0 Å². The second-order valence-electron chi connectivity index (χ2n) is 5.29. The van der Waals surface area contributed by atoms with Crippen molar-refractivity contribution >= 4 is 0 Å². The van der Waals surface area contributed by atoms with E-state index in [0.717, 1.165) is 45.2 Å². The molecule has 1 aromatic rings. The Bertz CT molecular complexity index is 446. The van der Waals surface area contributed by atoms with Gasteiger partial charge in [-0.1, -0.05) is 0 Å². The number of likely N-dealkylation sites (N-methyl/N-ethyl adjacent to an activating group) is 1. The average Bonchev–Trinajstić information content (AvgIpc) is 2.46. The number of methoxy groups -OCH3 is 1. The van der Waals surface area contributed by atoms with Crippen LogP contribution in [0.1, 0.15) is 12.0 Å². The van der Waals surface area contributed by atoms with Crippen LogP contribution in [0, 0.1) is 11.6 Å². The van der Waals surface area contributed by atoms with Crippen molar-refractivity contribution in [2.24, 2.45) is 0 Å².